The standard InChI is InChI=1S/C38H47F3N4O2/c1-2-3-4-5-6-7-8-13-27-16-17-29-36(34(27)30-23-28(39)24-32(40)35(30)41)42-25-31(37(29)44-19-21-47-22-20-44)38(46)43-45-18-11-14-26-12-9-10-15-33(26)45/h10,15,17,23-25,27H,2-9,11-14,16,18-22H2,1H3,(H,43,46). The number of carbonyl (C=O) groups is 1. The third kappa shape index (κ3) is 7.45. The van der Waals surface area contributed by atoms with Gasteiger partial charge in [0.1, 0.15) is 5.82 Å². The lowest BCUT2D eigenvalue weighted by atomic mass is 9.81. The number of allylic oxidation sites excluding steroid dienone is 3. The summed E-state index contributed by atoms with van der Waals surface area (Å²) in [6.45, 7) is 5.08. The summed E-state index contributed by atoms with van der Waals surface area (Å²) in [5.41, 5.74) is 7.15. The molecule has 1 N–H and O–H groups in total. The minimum Gasteiger partial charge on any atom is -0.378 e. The highest BCUT2D eigenvalue weighted by molar-refractivity contribution is 5.99. The average molecular weight is 649 g/mol. The number of rotatable bonds is 12. The second kappa shape index (κ2) is 15.5. The van der Waals surface area contributed by atoms with E-state index in [1.54, 1.807) is 6.20 Å². The van der Waals surface area contributed by atoms with Gasteiger partial charge in [0, 0.05) is 42.7 Å². The number of fused-ring (bicyclic) bond motifs is 1. The molecule has 2 aliphatic heterocycles. The fraction of sp³-hybridized carbons (Fsp3) is 0.526. The number of ether oxygens (including phenoxy) is 1. The monoisotopic (exact) mass is 648 g/mol. The lowest BCUT2D eigenvalue weighted by Gasteiger charge is -2.35. The number of amides is 1. The number of nitrogens with zero attached hydrogens (tertiary/aromatic N) is 3. The molecule has 1 saturated heterocycles. The number of nitrogens with one attached hydrogen (secondary N) is 1. The van der Waals surface area contributed by atoms with Crippen LogP contribution in [0.25, 0.3) is 11.6 Å². The molecule has 4 aliphatic rings. The first-order chi connectivity index (χ1) is 23.0. The number of benzene rings is 1. The summed E-state index contributed by atoms with van der Waals surface area (Å²) < 4.78 is 50.6. The van der Waals surface area contributed by atoms with Crippen LogP contribution in [-0.2, 0) is 4.74 Å². The summed E-state index contributed by atoms with van der Waals surface area (Å²) in [4.78, 5) is 21.0. The molecule has 47 heavy (non-hydrogen) atoms. The number of carbonyl (C=O) groups excluding carboxylic acids is 1. The molecule has 1 aromatic heterocycles. The molecule has 0 spiro atoms. The normalized spacial score (nSPS) is 19.4. The van der Waals surface area contributed by atoms with Crippen molar-refractivity contribution in [3.05, 3.63) is 80.9 Å². The van der Waals surface area contributed by atoms with Crippen molar-refractivity contribution >= 4 is 23.2 Å². The Morgan fingerprint density at radius 3 is 2.62 bits per heavy atom. The van der Waals surface area contributed by atoms with E-state index in [-0.39, 0.29) is 17.4 Å². The summed E-state index contributed by atoms with van der Waals surface area (Å²) in [5.74, 6) is -3.53. The smallest absolute Gasteiger partial charge is 0.273 e. The molecule has 1 fully saturated rings. The summed E-state index contributed by atoms with van der Waals surface area (Å²) >= 11 is 0. The maximum Gasteiger partial charge on any atom is 0.273 e. The van der Waals surface area contributed by atoms with Gasteiger partial charge < -0.3 is 9.64 Å². The van der Waals surface area contributed by atoms with E-state index in [9.17, 15) is 13.6 Å². The van der Waals surface area contributed by atoms with Gasteiger partial charge in [0.15, 0.2) is 11.6 Å². The van der Waals surface area contributed by atoms with Crippen molar-refractivity contribution in [3.8, 4) is 0 Å². The Bertz CT molecular complexity index is 1650. The van der Waals surface area contributed by atoms with E-state index >= 15 is 4.39 Å². The van der Waals surface area contributed by atoms with Gasteiger partial charge in [-0.3, -0.25) is 20.2 Å². The summed E-state index contributed by atoms with van der Waals surface area (Å²) in [5, 5.41) is 3.15. The van der Waals surface area contributed by atoms with Gasteiger partial charge >= 0.3 is 0 Å². The number of pyridine rings is 1. The predicted octanol–water partition coefficient (Wildman–Crippen LogP) is 6.82. The van der Waals surface area contributed by atoms with Gasteiger partial charge in [0.2, 0.25) is 0 Å². The Morgan fingerprint density at radius 1 is 1.02 bits per heavy atom. The number of unbranched alkanes of at least 4 members (excludes halogenated alkanes) is 6. The van der Waals surface area contributed by atoms with Crippen molar-refractivity contribution in [2.45, 2.75) is 90.4 Å². The van der Waals surface area contributed by atoms with E-state index in [1.807, 2.05) is 5.01 Å². The largest absolute Gasteiger partial charge is 0.378 e. The highest BCUT2D eigenvalue weighted by atomic mass is 19.2. The quantitative estimate of drug-likeness (QED) is 0.202. The fourth-order valence-electron chi connectivity index (χ4n) is 7.60. The number of hydrazine groups is 1. The van der Waals surface area contributed by atoms with Crippen LogP contribution >= 0.6 is 0 Å². The molecule has 1 atom stereocenters. The van der Waals surface area contributed by atoms with E-state index in [0.717, 1.165) is 69.7 Å². The zero-order valence-corrected chi connectivity index (χ0v) is 27.6. The van der Waals surface area contributed by atoms with E-state index < -0.39 is 17.5 Å². The highest BCUT2D eigenvalue weighted by Crippen LogP contribution is 2.34. The molecule has 2 aromatic rings. The van der Waals surface area contributed by atoms with Crippen LogP contribution in [0.4, 0.5) is 18.9 Å². The van der Waals surface area contributed by atoms with E-state index in [4.69, 9.17) is 9.72 Å². The van der Waals surface area contributed by atoms with Crippen LogP contribution < -0.4 is 20.9 Å². The Labute approximate surface area is 276 Å². The molecule has 0 radical (unpaired) electrons. The summed E-state index contributed by atoms with van der Waals surface area (Å²) in [6, 6.07) is 1.68. The zero-order valence-electron chi connectivity index (χ0n) is 27.6. The minimum absolute atomic E-state index is 0.0840. The Hall–Kier alpha value is -3.59. The van der Waals surface area contributed by atoms with E-state index in [1.165, 1.54) is 31.3 Å². The van der Waals surface area contributed by atoms with Gasteiger partial charge in [0.05, 0.1) is 35.5 Å². The lowest BCUT2D eigenvalue weighted by molar-refractivity contribution is 0.0829. The number of halogens is 3. The maximum absolute atomic E-state index is 15.5. The molecular formula is C38H47F3N4O2. The maximum atomic E-state index is 15.5. The van der Waals surface area contributed by atoms with Crippen LogP contribution in [0, 0.1) is 23.4 Å². The van der Waals surface area contributed by atoms with Crippen molar-refractivity contribution in [2.24, 2.45) is 5.92 Å². The topological polar surface area (TPSA) is 57.7 Å². The molecule has 6 nitrogen and oxygen atoms in total. The molecule has 252 valence electrons. The number of hydrogen-bond donors (Lipinski definition) is 1. The Kier molecular flexibility index (Phi) is 11.0. The third-order valence-corrected chi connectivity index (χ3v) is 10.0. The van der Waals surface area contributed by atoms with Gasteiger partial charge in [-0.2, -0.15) is 0 Å². The van der Waals surface area contributed by atoms with E-state index in [2.05, 4.69) is 35.5 Å². The molecule has 1 unspecified atom stereocenters. The molecule has 0 saturated carbocycles. The van der Waals surface area contributed by atoms with Crippen LogP contribution in [0.15, 0.2) is 41.8 Å². The van der Waals surface area contributed by atoms with Crippen molar-refractivity contribution in [3.63, 3.8) is 0 Å². The zero-order chi connectivity index (χ0) is 32.8. The van der Waals surface area contributed by atoms with Crippen LogP contribution in [0.5, 0.6) is 0 Å². The Balaban J connectivity index is 1.41. The number of hydrogen-bond acceptors (Lipinski definition) is 5. The molecule has 9 heteroatoms. The predicted molar refractivity (Wildman–Crippen MR) is 179 cm³/mol. The van der Waals surface area contributed by atoms with Crippen molar-refractivity contribution in [1.29, 1.82) is 0 Å². The van der Waals surface area contributed by atoms with Gasteiger partial charge in [-0.05, 0) is 67.7 Å². The van der Waals surface area contributed by atoms with Crippen LogP contribution in [0.2, 0.25) is 0 Å². The summed E-state index contributed by atoms with van der Waals surface area (Å²) in [6.07, 6.45) is 21.2. The second-order valence-electron chi connectivity index (χ2n) is 13.2. The first kappa shape index (κ1) is 33.3. The van der Waals surface area contributed by atoms with Crippen LogP contribution in [0.3, 0.4) is 0 Å². The first-order valence-corrected chi connectivity index (χ1v) is 17.6. The fourth-order valence-corrected chi connectivity index (χ4v) is 7.60. The molecule has 3 heterocycles. The molecular weight excluding hydrogens is 601 g/mol. The SMILES string of the molecule is CCCCCCCCCC1CC=c2c(N3CCOCC3)c(C(=O)NN3CCCC4=C3C=CCC4)cnc2=C1c1cc(F)cc(F)c1F. The number of aromatic nitrogens is 1. The van der Waals surface area contributed by atoms with Crippen LogP contribution in [-0.4, -0.2) is 48.7 Å². The van der Waals surface area contributed by atoms with E-state index in [0.29, 0.717) is 66.2 Å². The lowest BCUT2D eigenvalue weighted by Crippen LogP contribution is -2.49. The molecule has 0 bridgehead atoms. The number of anilines is 1. The highest BCUT2D eigenvalue weighted by Gasteiger charge is 2.30. The first-order valence-electron chi connectivity index (χ1n) is 17.6. The van der Waals surface area contributed by atoms with Gasteiger partial charge in [-0.25, -0.2) is 13.2 Å². The molecule has 2 aliphatic carbocycles. The molecule has 1 amide bonds. The molecule has 6 rings (SSSR count). The minimum atomic E-state index is -1.21. The van der Waals surface area contributed by atoms with Crippen molar-refractivity contribution < 1.29 is 22.7 Å². The van der Waals surface area contributed by atoms with Crippen molar-refractivity contribution in [1.82, 2.24) is 15.4 Å². The third-order valence-electron chi connectivity index (χ3n) is 10.0. The summed E-state index contributed by atoms with van der Waals surface area (Å²) in [7, 11) is 0. The van der Waals surface area contributed by atoms with Crippen LogP contribution in [0.1, 0.15) is 106 Å². The molecule has 1 aromatic carbocycles. The average Bonchev–Trinajstić information content (AvgIpc) is 3.09. The van der Waals surface area contributed by atoms with Gasteiger partial charge in [-0.15, -0.1) is 0 Å². The Morgan fingerprint density at radius 2 is 1.81 bits per heavy atom. The number of morpholine rings is 1. The van der Waals surface area contributed by atoms with Crippen molar-refractivity contribution in [2.75, 3.05) is 37.7 Å². The van der Waals surface area contributed by atoms with Gasteiger partial charge in [0.25, 0.3) is 5.91 Å². The van der Waals surface area contributed by atoms with Gasteiger partial charge in [-0.1, -0.05) is 64.0 Å². The second-order valence-corrected chi connectivity index (χ2v) is 13.2.